The minimum atomic E-state index is 0.0392. The zero-order chi connectivity index (χ0) is 14.4. The Labute approximate surface area is 119 Å². The summed E-state index contributed by atoms with van der Waals surface area (Å²) >= 11 is 1.52. The molecular formula is C13H24N4OS. The first-order valence-corrected chi connectivity index (χ1v) is 7.42. The van der Waals surface area contributed by atoms with Gasteiger partial charge in [-0.3, -0.25) is 9.69 Å². The third-order valence-corrected chi connectivity index (χ3v) is 3.65. The van der Waals surface area contributed by atoms with Crippen LogP contribution in [0.3, 0.4) is 0 Å². The number of anilines is 1. The summed E-state index contributed by atoms with van der Waals surface area (Å²) in [5.41, 5.74) is 0.991. The van der Waals surface area contributed by atoms with Crippen molar-refractivity contribution in [3.63, 3.8) is 0 Å². The summed E-state index contributed by atoms with van der Waals surface area (Å²) in [6.45, 7) is 8.07. The number of rotatable bonds is 7. The Morgan fingerprint density at radius 2 is 2.21 bits per heavy atom. The van der Waals surface area contributed by atoms with E-state index in [0.717, 1.165) is 23.9 Å². The Balaban J connectivity index is 2.53. The number of carbonyl (C=O) groups excluding carboxylic acids is 1. The third kappa shape index (κ3) is 5.26. The molecule has 1 rings (SSSR count). The van der Waals surface area contributed by atoms with E-state index in [9.17, 15) is 4.79 Å². The van der Waals surface area contributed by atoms with Crippen LogP contribution < -0.4 is 10.2 Å². The van der Waals surface area contributed by atoms with Crippen molar-refractivity contribution in [2.24, 2.45) is 0 Å². The van der Waals surface area contributed by atoms with Gasteiger partial charge in [0, 0.05) is 38.0 Å². The van der Waals surface area contributed by atoms with Crippen LogP contribution in [0.1, 0.15) is 26.5 Å². The molecule has 0 aliphatic carbocycles. The van der Waals surface area contributed by atoms with E-state index in [1.54, 1.807) is 11.8 Å². The number of nitrogens with zero attached hydrogens (tertiary/aromatic N) is 3. The van der Waals surface area contributed by atoms with Crippen LogP contribution in [0.25, 0.3) is 0 Å². The molecule has 0 fully saturated rings. The van der Waals surface area contributed by atoms with Gasteiger partial charge in [0.2, 0.25) is 5.91 Å². The Morgan fingerprint density at radius 3 is 2.74 bits per heavy atom. The van der Waals surface area contributed by atoms with Gasteiger partial charge >= 0.3 is 0 Å². The van der Waals surface area contributed by atoms with Crippen molar-refractivity contribution in [3.8, 4) is 0 Å². The fourth-order valence-electron chi connectivity index (χ4n) is 1.89. The molecule has 19 heavy (non-hydrogen) atoms. The lowest BCUT2D eigenvalue weighted by atomic mass is 10.3. The first-order valence-electron chi connectivity index (χ1n) is 6.54. The van der Waals surface area contributed by atoms with Gasteiger partial charge < -0.3 is 10.2 Å². The number of hydrogen-bond acceptors (Lipinski definition) is 5. The second-order valence-electron chi connectivity index (χ2n) is 4.93. The lowest BCUT2D eigenvalue weighted by Crippen LogP contribution is -2.35. The first-order chi connectivity index (χ1) is 8.93. The SMILES string of the molecule is CCN(C(C)=O)c1nc(CNC(C)CN(C)C)cs1. The molecular weight excluding hydrogens is 260 g/mol. The van der Waals surface area contributed by atoms with Crippen molar-refractivity contribution in [2.75, 3.05) is 32.1 Å². The van der Waals surface area contributed by atoms with Crippen molar-refractivity contribution in [1.29, 1.82) is 0 Å². The summed E-state index contributed by atoms with van der Waals surface area (Å²) in [5, 5.41) is 6.22. The Morgan fingerprint density at radius 1 is 1.53 bits per heavy atom. The Kier molecular flexibility index (Phi) is 6.41. The molecule has 1 amide bonds. The number of nitrogens with one attached hydrogen (secondary N) is 1. The number of amides is 1. The number of likely N-dealkylation sites (N-methyl/N-ethyl adjacent to an activating group) is 1. The molecule has 1 atom stereocenters. The van der Waals surface area contributed by atoms with E-state index in [-0.39, 0.29) is 5.91 Å². The molecule has 0 saturated carbocycles. The second-order valence-corrected chi connectivity index (χ2v) is 5.77. The smallest absolute Gasteiger partial charge is 0.225 e. The van der Waals surface area contributed by atoms with Crippen LogP contribution in [0.2, 0.25) is 0 Å². The van der Waals surface area contributed by atoms with Gasteiger partial charge in [0.1, 0.15) is 0 Å². The van der Waals surface area contributed by atoms with Crippen LogP contribution in [-0.2, 0) is 11.3 Å². The lowest BCUT2D eigenvalue weighted by Gasteiger charge is -2.17. The average Bonchev–Trinajstić information content (AvgIpc) is 2.74. The van der Waals surface area contributed by atoms with Gasteiger partial charge in [-0.1, -0.05) is 0 Å². The van der Waals surface area contributed by atoms with Gasteiger partial charge in [-0.15, -0.1) is 11.3 Å². The molecule has 1 aromatic rings. The van der Waals surface area contributed by atoms with Crippen LogP contribution in [-0.4, -0.2) is 49.0 Å². The Bertz CT molecular complexity index is 405. The number of aromatic nitrogens is 1. The molecule has 1 N–H and O–H groups in total. The molecule has 1 heterocycles. The first kappa shape index (κ1) is 16.1. The summed E-state index contributed by atoms with van der Waals surface area (Å²) in [4.78, 5) is 19.8. The molecule has 108 valence electrons. The fraction of sp³-hybridized carbons (Fsp3) is 0.692. The van der Waals surface area contributed by atoms with E-state index >= 15 is 0 Å². The van der Waals surface area contributed by atoms with Gasteiger partial charge in [-0.25, -0.2) is 4.98 Å². The molecule has 0 aliphatic rings. The highest BCUT2D eigenvalue weighted by molar-refractivity contribution is 7.14. The zero-order valence-corrected chi connectivity index (χ0v) is 13.3. The lowest BCUT2D eigenvalue weighted by molar-refractivity contribution is -0.116. The highest BCUT2D eigenvalue weighted by Gasteiger charge is 2.13. The topological polar surface area (TPSA) is 48.5 Å². The Hall–Kier alpha value is -0.980. The zero-order valence-electron chi connectivity index (χ0n) is 12.4. The minimum Gasteiger partial charge on any atom is -0.308 e. The van der Waals surface area contributed by atoms with Crippen molar-refractivity contribution < 1.29 is 4.79 Å². The quantitative estimate of drug-likeness (QED) is 0.825. The van der Waals surface area contributed by atoms with E-state index in [1.807, 2.05) is 12.3 Å². The largest absolute Gasteiger partial charge is 0.308 e. The molecule has 1 aromatic heterocycles. The van der Waals surface area contributed by atoms with Crippen LogP contribution in [0.15, 0.2) is 5.38 Å². The molecule has 0 aliphatic heterocycles. The summed E-state index contributed by atoms with van der Waals surface area (Å²) < 4.78 is 0. The monoisotopic (exact) mass is 284 g/mol. The normalized spacial score (nSPS) is 12.7. The average molecular weight is 284 g/mol. The van der Waals surface area contributed by atoms with Gasteiger partial charge in [0.25, 0.3) is 0 Å². The van der Waals surface area contributed by atoms with E-state index in [2.05, 4.69) is 36.2 Å². The van der Waals surface area contributed by atoms with Crippen LogP contribution in [0.4, 0.5) is 5.13 Å². The predicted molar refractivity (Wildman–Crippen MR) is 80.7 cm³/mol. The van der Waals surface area contributed by atoms with E-state index in [4.69, 9.17) is 0 Å². The molecule has 0 spiro atoms. The maximum atomic E-state index is 11.4. The van der Waals surface area contributed by atoms with Gasteiger partial charge in [-0.05, 0) is 27.9 Å². The molecule has 0 bridgehead atoms. The maximum absolute atomic E-state index is 11.4. The van der Waals surface area contributed by atoms with E-state index in [0.29, 0.717) is 12.6 Å². The van der Waals surface area contributed by atoms with E-state index in [1.165, 1.54) is 11.3 Å². The highest BCUT2D eigenvalue weighted by Crippen LogP contribution is 2.20. The molecule has 0 radical (unpaired) electrons. The van der Waals surface area contributed by atoms with Crippen LogP contribution in [0, 0.1) is 0 Å². The molecule has 0 saturated heterocycles. The molecule has 5 nitrogen and oxygen atoms in total. The maximum Gasteiger partial charge on any atom is 0.225 e. The summed E-state index contributed by atoms with van der Waals surface area (Å²) in [5.74, 6) is 0.0392. The molecule has 0 aromatic carbocycles. The van der Waals surface area contributed by atoms with Crippen LogP contribution in [0.5, 0.6) is 0 Å². The number of carbonyl (C=O) groups is 1. The van der Waals surface area contributed by atoms with Crippen molar-refractivity contribution in [3.05, 3.63) is 11.1 Å². The molecule has 1 unspecified atom stereocenters. The van der Waals surface area contributed by atoms with E-state index < -0.39 is 0 Å². The number of thiazole rings is 1. The fourth-order valence-corrected chi connectivity index (χ4v) is 2.82. The van der Waals surface area contributed by atoms with Crippen molar-refractivity contribution in [1.82, 2.24) is 15.2 Å². The molecule has 6 heteroatoms. The third-order valence-electron chi connectivity index (χ3n) is 2.74. The summed E-state index contributed by atoms with van der Waals surface area (Å²) in [6, 6.07) is 0.412. The van der Waals surface area contributed by atoms with Gasteiger partial charge in [0.05, 0.1) is 5.69 Å². The highest BCUT2D eigenvalue weighted by atomic mass is 32.1. The van der Waals surface area contributed by atoms with Crippen LogP contribution >= 0.6 is 11.3 Å². The standard InChI is InChI=1S/C13H24N4OS/c1-6-17(11(3)18)13-15-12(9-19-13)7-14-10(2)8-16(4)5/h9-10,14H,6-8H2,1-5H3. The predicted octanol–water partition coefficient (Wildman–Crippen LogP) is 1.56. The minimum absolute atomic E-state index is 0.0392. The van der Waals surface area contributed by atoms with Gasteiger partial charge in [-0.2, -0.15) is 0 Å². The van der Waals surface area contributed by atoms with Gasteiger partial charge in [0.15, 0.2) is 5.13 Å². The summed E-state index contributed by atoms with van der Waals surface area (Å²) in [6.07, 6.45) is 0. The second kappa shape index (κ2) is 7.57. The van der Waals surface area contributed by atoms with Crippen molar-refractivity contribution >= 4 is 22.4 Å². The summed E-state index contributed by atoms with van der Waals surface area (Å²) in [7, 11) is 4.12. The number of hydrogen-bond donors (Lipinski definition) is 1. The van der Waals surface area contributed by atoms with Crippen molar-refractivity contribution in [2.45, 2.75) is 33.4 Å².